The van der Waals surface area contributed by atoms with E-state index in [-0.39, 0.29) is 0 Å². The molecule has 0 bridgehead atoms. The predicted octanol–water partition coefficient (Wildman–Crippen LogP) is 8.44. The number of benzene rings is 3. The smallest absolute Gasteiger partial charge is 0.0303 e. The molecule has 3 aromatic carbocycles. The Morgan fingerprint density at radius 3 is 2.18 bits per heavy atom. The van der Waals surface area contributed by atoms with E-state index >= 15 is 0 Å². The summed E-state index contributed by atoms with van der Waals surface area (Å²) in [5.74, 6) is 0. The zero-order valence-electron chi connectivity index (χ0n) is 19.4. The van der Waals surface area contributed by atoms with Gasteiger partial charge in [-0.15, -0.1) is 0 Å². The van der Waals surface area contributed by atoms with Gasteiger partial charge in [0, 0.05) is 12.4 Å². The third kappa shape index (κ3) is 4.73. The maximum absolute atomic E-state index is 4.25. The van der Waals surface area contributed by atoms with Gasteiger partial charge in [-0.2, -0.15) is 0 Å². The molecule has 1 aliphatic rings. The fourth-order valence-electron chi connectivity index (χ4n) is 4.72. The van der Waals surface area contributed by atoms with Gasteiger partial charge in [-0.1, -0.05) is 84.5 Å². The van der Waals surface area contributed by atoms with Gasteiger partial charge in [0.15, 0.2) is 0 Å². The summed E-state index contributed by atoms with van der Waals surface area (Å²) >= 11 is 0. The van der Waals surface area contributed by atoms with Crippen LogP contribution in [0.3, 0.4) is 0 Å². The Balaban J connectivity index is 1.44. The molecule has 4 aromatic rings. The van der Waals surface area contributed by atoms with E-state index in [2.05, 4.69) is 104 Å². The second-order valence-corrected chi connectivity index (χ2v) is 8.98. The van der Waals surface area contributed by atoms with Crippen LogP contribution in [0.2, 0.25) is 0 Å². The quantitative estimate of drug-likeness (QED) is 0.311. The van der Waals surface area contributed by atoms with Gasteiger partial charge in [-0.25, -0.2) is 0 Å². The Morgan fingerprint density at radius 1 is 0.727 bits per heavy atom. The normalized spacial score (nSPS) is 13.4. The van der Waals surface area contributed by atoms with E-state index < -0.39 is 0 Å². The molecule has 0 saturated carbocycles. The zero-order chi connectivity index (χ0) is 22.6. The average Bonchev–Trinajstić information content (AvgIpc) is 2.85. The lowest BCUT2D eigenvalue weighted by atomic mass is 9.89. The minimum atomic E-state index is 0.895. The summed E-state index contributed by atoms with van der Waals surface area (Å²) in [5.41, 5.74) is 13.1. The molecule has 1 nitrogen and oxygen atoms in total. The molecule has 0 amide bonds. The van der Waals surface area contributed by atoms with Crippen LogP contribution in [0.1, 0.15) is 42.0 Å². The van der Waals surface area contributed by atoms with Crippen molar-refractivity contribution in [3.63, 3.8) is 0 Å². The van der Waals surface area contributed by atoms with Gasteiger partial charge >= 0.3 is 0 Å². The third-order valence-corrected chi connectivity index (χ3v) is 6.53. The van der Waals surface area contributed by atoms with Crippen LogP contribution in [-0.2, 0) is 6.42 Å². The molecule has 0 unspecified atom stereocenters. The Bertz CT molecular complexity index is 1340. The minimum absolute atomic E-state index is 0.895. The fraction of sp³-hybridized carbons (Fsp3) is 0.156. The van der Waals surface area contributed by atoms with E-state index in [1.54, 1.807) is 0 Å². The monoisotopic (exact) mass is 427 g/mol. The molecule has 0 fully saturated rings. The van der Waals surface area contributed by atoms with Crippen molar-refractivity contribution in [1.82, 2.24) is 4.98 Å². The summed E-state index contributed by atoms with van der Waals surface area (Å²) in [7, 11) is 0. The van der Waals surface area contributed by atoms with Gasteiger partial charge in [0.2, 0.25) is 0 Å². The highest BCUT2D eigenvalue weighted by Crippen LogP contribution is 2.33. The van der Waals surface area contributed by atoms with Gasteiger partial charge in [0.05, 0.1) is 0 Å². The molecule has 5 rings (SSSR count). The van der Waals surface area contributed by atoms with Crippen LogP contribution < -0.4 is 0 Å². The first-order valence-corrected chi connectivity index (χ1v) is 11.7. The van der Waals surface area contributed by atoms with Crippen LogP contribution >= 0.6 is 0 Å². The van der Waals surface area contributed by atoms with Crippen molar-refractivity contribution in [2.75, 3.05) is 0 Å². The van der Waals surface area contributed by atoms with Crippen molar-refractivity contribution < 1.29 is 0 Å². The standard InChI is InChI=1S/C32H29N/c1-23-8-3-4-14-31(23)32-16-15-30(18-24(32)2)29-13-6-12-28(21-29)27-11-5-9-25(20-27)19-26-10-7-17-33-22-26/h4-7,9-18,20-22H,3,8,19H2,1-2H3. The predicted molar refractivity (Wildman–Crippen MR) is 140 cm³/mol. The van der Waals surface area contributed by atoms with Crippen molar-refractivity contribution in [3.8, 4) is 22.3 Å². The Kier molecular flexibility index (Phi) is 6.04. The molecule has 0 atom stereocenters. The molecular weight excluding hydrogens is 398 g/mol. The molecule has 0 spiro atoms. The number of allylic oxidation sites excluding steroid dienone is 4. The maximum Gasteiger partial charge on any atom is 0.0303 e. The van der Waals surface area contributed by atoms with Crippen LogP contribution in [0.4, 0.5) is 0 Å². The number of hydrogen-bond acceptors (Lipinski definition) is 1. The van der Waals surface area contributed by atoms with E-state index in [4.69, 9.17) is 0 Å². The van der Waals surface area contributed by atoms with E-state index in [0.29, 0.717) is 0 Å². The number of pyridine rings is 1. The highest BCUT2D eigenvalue weighted by atomic mass is 14.6. The molecule has 0 radical (unpaired) electrons. The first-order chi connectivity index (χ1) is 16.2. The van der Waals surface area contributed by atoms with Crippen LogP contribution in [0.25, 0.3) is 27.8 Å². The van der Waals surface area contributed by atoms with Crippen molar-refractivity contribution >= 4 is 5.57 Å². The number of nitrogens with zero attached hydrogens (tertiary/aromatic N) is 1. The largest absolute Gasteiger partial charge is 0.264 e. The van der Waals surface area contributed by atoms with Gasteiger partial charge < -0.3 is 0 Å². The molecule has 0 aliphatic heterocycles. The van der Waals surface area contributed by atoms with Crippen molar-refractivity contribution in [2.24, 2.45) is 0 Å². The molecule has 33 heavy (non-hydrogen) atoms. The molecule has 1 aromatic heterocycles. The average molecular weight is 428 g/mol. The van der Waals surface area contributed by atoms with Crippen LogP contribution in [0.5, 0.6) is 0 Å². The van der Waals surface area contributed by atoms with Crippen LogP contribution in [0.15, 0.2) is 109 Å². The summed E-state index contributed by atoms with van der Waals surface area (Å²) < 4.78 is 0. The van der Waals surface area contributed by atoms with Gasteiger partial charge in [0.1, 0.15) is 0 Å². The number of aromatic nitrogens is 1. The summed E-state index contributed by atoms with van der Waals surface area (Å²) in [5, 5.41) is 0. The van der Waals surface area contributed by atoms with E-state index in [9.17, 15) is 0 Å². The van der Waals surface area contributed by atoms with Gasteiger partial charge in [-0.05, 0) is 95.3 Å². The van der Waals surface area contributed by atoms with Crippen molar-refractivity contribution in [3.05, 3.63) is 131 Å². The van der Waals surface area contributed by atoms with E-state index in [0.717, 1.165) is 19.3 Å². The fourth-order valence-corrected chi connectivity index (χ4v) is 4.72. The first kappa shape index (κ1) is 21.2. The first-order valence-electron chi connectivity index (χ1n) is 11.7. The third-order valence-electron chi connectivity index (χ3n) is 6.53. The lowest BCUT2D eigenvalue weighted by Gasteiger charge is -2.16. The van der Waals surface area contributed by atoms with Gasteiger partial charge in [0.25, 0.3) is 0 Å². The maximum atomic E-state index is 4.25. The Labute approximate surface area is 197 Å². The molecule has 162 valence electrons. The van der Waals surface area contributed by atoms with E-state index in [1.165, 1.54) is 55.7 Å². The highest BCUT2D eigenvalue weighted by molar-refractivity contribution is 5.81. The minimum Gasteiger partial charge on any atom is -0.264 e. The van der Waals surface area contributed by atoms with Crippen LogP contribution in [-0.4, -0.2) is 4.98 Å². The van der Waals surface area contributed by atoms with Gasteiger partial charge in [-0.3, -0.25) is 4.98 Å². The van der Waals surface area contributed by atoms with Crippen molar-refractivity contribution in [1.29, 1.82) is 0 Å². The molecular formula is C32H29N. The second kappa shape index (κ2) is 9.42. The molecule has 1 heteroatoms. The summed E-state index contributed by atoms with van der Waals surface area (Å²) in [6.07, 6.45) is 11.6. The number of aryl methyl sites for hydroxylation is 1. The summed E-state index contributed by atoms with van der Waals surface area (Å²) in [6.45, 7) is 4.49. The Morgan fingerprint density at radius 2 is 1.45 bits per heavy atom. The summed E-state index contributed by atoms with van der Waals surface area (Å²) in [4.78, 5) is 4.25. The second-order valence-electron chi connectivity index (χ2n) is 8.98. The lowest BCUT2D eigenvalue weighted by Crippen LogP contribution is -1.95. The molecule has 1 aliphatic carbocycles. The molecule has 0 N–H and O–H groups in total. The molecule has 0 saturated heterocycles. The summed E-state index contributed by atoms with van der Waals surface area (Å²) in [6, 6.07) is 28.7. The number of hydrogen-bond donors (Lipinski definition) is 0. The Hall–Kier alpha value is -3.71. The van der Waals surface area contributed by atoms with Crippen LogP contribution in [0, 0.1) is 6.92 Å². The van der Waals surface area contributed by atoms with Crippen molar-refractivity contribution in [2.45, 2.75) is 33.1 Å². The highest BCUT2D eigenvalue weighted by Gasteiger charge is 2.11. The number of rotatable bonds is 5. The topological polar surface area (TPSA) is 12.9 Å². The lowest BCUT2D eigenvalue weighted by molar-refractivity contribution is 0.967. The SMILES string of the molecule is CC1=C(c2ccc(-c3cccc(-c4cccc(Cc5cccnc5)c4)c3)cc2C)C=CCC1. The van der Waals surface area contributed by atoms with E-state index in [1.807, 2.05) is 18.5 Å². The zero-order valence-corrected chi connectivity index (χ0v) is 19.4. The molecule has 1 heterocycles.